The third-order valence-corrected chi connectivity index (χ3v) is 4.55. The van der Waals surface area contributed by atoms with E-state index in [1.54, 1.807) is 0 Å². The highest BCUT2D eigenvalue weighted by Crippen LogP contribution is 2.29. The van der Waals surface area contributed by atoms with Gasteiger partial charge >= 0.3 is 0 Å². The Balaban J connectivity index is 1.50. The maximum absolute atomic E-state index is 13.3. The van der Waals surface area contributed by atoms with Gasteiger partial charge in [0.15, 0.2) is 0 Å². The lowest BCUT2D eigenvalue weighted by atomic mass is 9.96. The third-order valence-electron chi connectivity index (χ3n) is 4.55. The highest BCUT2D eigenvalue weighted by Gasteiger charge is 2.31. The van der Waals surface area contributed by atoms with E-state index in [4.69, 9.17) is 0 Å². The van der Waals surface area contributed by atoms with E-state index in [2.05, 4.69) is 22.2 Å². The van der Waals surface area contributed by atoms with Crippen molar-refractivity contribution < 1.29 is 13.6 Å². The summed E-state index contributed by atoms with van der Waals surface area (Å²) >= 11 is 0. The summed E-state index contributed by atoms with van der Waals surface area (Å²) in [5.41, 5.74) is 7.31. The monoisotopic (exact) mass is 353 g/mol. The van der Waals surface area contributed by atoms with Crippen molar-refractivity contribution in [3.8, 4) is 0 Å². The molecule has 1 heterocycles. The van der Waals surface area contributed by atoms with Crippen LogP contribution in [0, 0.1) is 11.6 Å². The first-order valence-corrected chi connectivity index (χ1v) is 8.36. The van der Waals surface area contributed by atoms with Crippen LogP contribution in [0.4, 0.5) is 14.5 Å². The number of hydrogen-bond donors (Lipinski definition) is 3. The minimum Gasteiger partial charge on any atom is -0.324 e. The van der Waals surface area contributed by atoms with Crippen LogP contribution in [0.3, 0.4) is 0 Å². The molecule has 3 N–H and O–H groups in total. The van der Waals surface area contributed by atoms with Crippen LogP contribution in [0.15, 0.2) is 60.7 Å². The number of hydrazine groups is 1. The molecular formula is C20H17F2N3O. The lowest BCUT2D eigenvalue weighted by Gasteiger charge is -2.13. The highest BCUT2D eigenvalue weighted by atomic mass is 19.1. The van der Waals surface area contributed by atoms with Crippen LogP contribution in [-0.4, -0.2) is 11.9 Å². The van der Waals surface area contributed by atoms with Crippen molar-refractivity contribution in [2.45, 2.75) is 18.5 Å². The van der Waals surface area contributed by atoms with Crippen molar-refractivity contribution >= 4 is 22.4 Å². The molecular weight excluding hydrogens is 336 g/mol. The molecule has 6 heteroatoms. The number of carbonyl (C=O) groups excluding carboxylic acids is 1. The third kappa shape index (κ3) is 3.29. The highest BCUT2D eigenvalue weighted by molar-refractivity contribution is 5.95. The normalized spacial score (nSPS) is 19.6. The quantitative estimate of drug-likeness (QED) is 0.674. The van der Waals surface area contributed by atoms with Gasteiger partial charge in [0.05, 0.1) is 0 Å². The minimum atomic E-state index is -0.730. The maximum Gasteiger partial charge on any atom is 0.242 e. The van der Waals surface area contributed by atoms with E-state index in [-0.39, 0.29) is 17.6 Å². The minimum absolute atomic E-state index is 0.0407. The van der Waals surface area contributed by atoms with Gasteiger partial charge in [-0.05, 0) is 34.9 Å². The number of fused-ring (bicyclic) bond motifs is 1. The molecule has 3 aromatic rings. The van der Waals surface area contributed by atoms with Crippen molar-refractivity contribution in [3.63, 3.8) is 0 Å². The van der Waals surface area contributed by atoms with Gasteiger partial charge in [0.25, 0.3) is 0 Å². The van der Waals surface area contributed by atoms with Gasteiger partial charge in [-0.1, -0.05) is 42.5 Å². The standard InChI is InChI=1S/C20H17F2N3O/c21-13-8-14(22)10-15(9-13)23-20(26)19-11-18(24-25-19)17-7-3-5-12-4-1-2-6-16(12)17/h1-10,18-19,24-25H,11H2,(H,23,26). The molecule has 132 valence electrons. The molecule has 1 aliphatic heterocycles. The molecule has 26 heavy (non-hydrogen) atoms. The zero-order valence-corrected chi connectivity index (χ0v) is 13.8. The summed E-state index contributed by atoms with van der Waals surface area (Å²) < 4.78 is 26.5. The smallest absolute Gasteiger partial charge is 0.242 e. The number of rotatable bonds is 3. The zero-order chi connectivity index (χ0) is 18.1. The molecule has 1 fully saturated rings. The van der Waals surface area contributed by atoms with E-state index in [1.165, 1.54) is 0 Å². The fraction of sp³-hybridized carbons (Fsp3) is 0.150. The Morgan fingerprint density at radius 1 is 0.962 bits per heavy atom. The lowest BCUT2D eigenvalue weighted by Crippen LogP contribution is -2.39. The van der Waals surface area contributed by atoms with Gasteiger partial charge in [0.1, 0.15) is 17.7 Å². The Hall–Kier alpha value is -2.83. The number of nitrogens with one attached hydrogen (secondary N) is 3. The zero-order valence-electron chi connectivity index (χ0n) is 13.8. The molecule has 0 radical (unpaired) electrons. The fourth-order valence-electron chi connectivity index (χ4n) is 3.34. The molecule has 4 rings (SSSR count). The second kappa shape index (κ2) is 6.82. The fourth-order valence-corrected chi connectivity index (χ4v) is 3.34. The van der Waals surface area contributed by atoms with E-state index >= 15 is 0 Å². The molecule has 0 aliphatic carbocycles. The molecule has 3 aromatic carbocycles. The maximum atomic E-state index is 13.3. The molecule has 0 aromatic heterocycles. The average molecular weight is 353 g/mol. The Labute approximate surface area is 149 Å². The van der Waals surface area contributed by atoms with Crippen molar-refractivity contribution in [2.24, 2.45) is 0 Å². The Morgan fingerprint density at radius 3 is 2.50 bits per heavy atom. The largest absolute Gasteiger partial charge is 0.324 e. The molecule has 1 aliphatic rings. The van der Waals surface area contributed by atoms with Crippen LogP contribution in [0.2, 0.25) is 0 Å². The first-order chi connectivity index (χ1) is 12.6. The lowest BCUT2D eigenvalue weighted by molar-refractivity contribution is -0.117. The van der Waals surface area contributed by atoms with E-state index < -0.39 is 17.7 Å². The Morgan fingerprint density at radius 2 is 1.69 bits per heavy atom. The number of hydrogen-bond acceptors (Lipinski definition) is 3. The predicted molar refractivity (Wildman–Crippen MR) is 96.4 cm³/mol. The van der Waals surface area contributed by atoms with Gasteiger partial charge in [-0.2, -0.15) is 0 Å². The molecule has 1 amide bonds. The van der Waals surface area contributed by atoms with Crippen molar-refractivity contribution in [1.82, 2.24) is 10.9 Å². The number of carbonyl (C=O) groups is 1. The van der Waals surface area contributed by atoms with Crippen LogP contribution >= 0.6 is 0 Å². The van der Waals surface area contributed by atoms with E-state index in [0.29, 0.717) is 6.42 Å². The Kier molecular flexibility index (Phi) is 4.36. The van der Waals surface area contributed by atoms with Gasteiger partial charge in [0.2, 0.25) is 5.91 Å². The summed E-state index contributed by atoms with van der Waals surface area (Å²) in [6.07, 6.45) is 0.525. The number of amides is 1. The van der Waals surface area contributed by atoms with Crippen LogP contribution in [0.25, 0.3) is 10.8 Å². The van der Waals surface area contributed by atoms with E-state index in [0.717, 1.165) is 34.5 Å². The second-order valence-electron chi connectivity index (χ2n) is 6.35. The number of benzene rings is 3. The topological polar surface area (TPSA) is 53.2 Å². The predicted octanol–water partition coefficient (Wildman–Crippen LogP) is 3.66. The van der Waals surface area contributed by atoms with Gasteiger partial charge in [-0.15, -0.1) is 0 Å². The summed E-state index contributed by atoms with van der Waals surface area (Å²) in [5.74, 6) is -1.80. The van der Waals surface area contributed by atoms with Crippen LogP contribution < -0.4 is 16.2 Å². The van der Waals surface area contributed by atoms with Crippen LogP contribution in [-0.2, 0) is 4.79 Å². The van der Waals surface area contributed by atoms with E-state index in [1.807, 2.05) is 36.4 Å². The second-order valence-corrected chi connectivity index (χ2v) is 6.35. The van der Waals surface area contributed by atoms with Crippen LogP contribution in [0.1, 0.15) is 18.0 Å². The first-order valence-electron chi connectivity index (χ1n) is 8.36. The van der Waals surface area contributed by atoms with Crippen molar-refractivity contribution in [2.75, 3.05) is 5.32 Å². The number of anilines is 1. The van der Waals surface area contributed by atoms with Crippen molar-refractivity contribution in [3.05, 3.63) is 77.9 Å². The average Bonchev–Trinajstić information content (AvgIpc) is 3.10. The molecule has 0 bridgehead atoms. The van der Waals surface area contributed by atoms with Gasteiger partial charge in [-0.25, -0.2) is 19.6 Å². The van der Waals surface area contributed by atoms with Gasteiger partial charge in [0, 0.05) is 17.8 Å². The summed E-state index contributed by atoms with van der Waals surface area (Å²) in [6, 6.07) is 16.5. The molecule has 0 saturated carbocycles. The van der Waals surface area contributed by atoms with Crippen LogP contribution in [0.5, 0.6) is 0 Å². The van der Waals surface area contributed by atoms with Crippen molar-refractivity contribution in [1.29, 1.82) is 0 Å². The molecule has 2 atom stereocenters. The molecule has 2 unspecified atom stereocenters. The Bertz CT molecular complexity index is 951. The van der Waals surface area contributed by atoms with E-state index in [9.17, 15) is 13.6 Å². The SMILES string of the molecule is O=C(Nc1cc(F)cc(F)c1)C1CC(c2cccc3ccccc23)NN1. The summed E-state index contributed by atoms with van der Waals surface area (Å²) in [5, 5.41) is 4.81. The summed E-state index contributed by atoms with van der Waals surface area (Å²) in [4.78, 5) is 12.4. The summed E-state index contributed by atoms with van der Waals surface area (Å²) in [7, 11) is 0. The number of halogens is 2. The molecule has 1 saturated heterocycles. The first kappa shape index (κ1) is 16.6. The van der Waals surface area contributed by atoms with Gasteiger partial charge in [-0.3, -0.25) is 4.79 Å². The summed E-state index contributed by atoms with van der Waals surface area (Å²) in [6.45, 7) is 0. The van der Waals surface area contributed by atoms with Gasteiger partial charge < -0.3 is 5.32 Å². The molecule has 0 spiro atoms. The molecule has 4 nitrogen and oxygen atoms in total.